The summed E-state index contributed by atoms with van der Waals surface area (Å²) in [5.41, 5.74) is 2.37. The molecule has 3 aromatic rings. The van der Waals surface area contributed by atoms with Crippen LogP contribution in [0.1, 0.15) is 34.8 Å². The highest BCUT2D eigenvalue weighted by Gasteiger charge is 2.31. The number of hydrogen-bond donors (Lipinski definition) is 1. The number of aryl methyl sites for hydroxylation is 1. The van der Waals surface area contributed by atoms with E-state index >= 15 is 0 Å². The van der Waals surface area contributed by atoms with Crippen molar-refractivity contribution in [2.75, 3.05) is 38.2 Å². The van der Waals surface area contributed by atoms with Gasteiger partial charge in [-0.1, -0.05) is 30.3 Å². The minimum Gasteiger partial charge on any atom is -0.493 e. The monoisotopic (exact) mass is 461 g/mol. The third-order valence-corrected chi connectivity index (χ3v) is 6.44. The van der Waals surface area contributed by atoms with Gasteiger partial charge in [-0.3, -0.25) is 14.8 Å². The minimum atomic E-state index is -0.0552. The van der Waals surface area contributed by atoms with E-state index in [0.29, 0.717) is 18.5 Å². The van der Waals surface area contributed by atoms with Crippen molar-refractivity contribution in [2.45, 2.75) is 38.3 Å². The summed E-state index contributed by atoms with van der Waals surface area (Å²) in [5, 5.41) is 6.83. The maximum absolute atomic E-state index is 12.9. The number of piperazine rings is 1. The van der Waals surface area contributed by atoms with Crippen molar-refractivity contribution in [1.82, 2.24) is 20.1 Å². The number of anilines is 1. The number of aromatic amines is 1. The van der Waals surface area contributed by atoms with E-state index in [1.165, 1.54) is 5.56 Å². The van der Waals surface area contributed by atoms with Crippen molar-refractivity contribution < 1.29 is 14.3 Å². The zero-order valence-electron chi connectivity index (χ0n) is 19.7. The number of nitrogens with zero attached hydrogens (tertiary/aromatic N) is 4. The van der Waals surface area contributed by atoms with Crippen LogP contribution in [-0.4, -0.2) is 71.3 Å². The van der Waals surface area contributed by atoms with Crippen molar-refractivity contribution in [3.8, 4) is 11.5 Å². The van der Waals surface area contributed by atoms with Gasteiger partial charge in [-0.2, -0.15) is 5.10 Å². The number of carbonyl (C=O) groups is 1. The first-order valence-corrected chi connectivity index (χ1v) is 11.9. The molecule has 1 atom stereocenters. The van der Waals surface area contributed by atoms with Gasteiger partial charge in [0.25, 0.3) is 0 Å². The molecule has 1 aliphatic carbocycles. The average Bonchev–Trinajstić information content (AvgIpc) is 3.56. The lowest BCUT2D eigenvalue weighted by molar-refractivity contribution is 0.0865. The quantitative estimate of drug-likeness (QED) is 0.490. The van der Waals surface area contributed by atoms with Gasteiger partial charge in [0.05, 0.1) is 19.8 Å². The summed E-state index contributed by atoms with van der Waals surface area (Å²) in [6, 6.07) is 16.8. The molecule has 34 heavy (non-hydrogen) atoms. The van der Waals surface area contributed by atoms with E-state index in [0.717, 1.165) is 56.1 Å². The van der Waals surface area contributed by atoms with Crippen LogP contribution in [-0.2, 0) is 6.42 Å². The molecular weight excluding hydrogens is 430 g/mol. The van der Waals surface area contributed by atoms with Crippen LogP contribution in [0.25, 0.3) is 0 Å². The second-order valence-corrected chi connectivity index (χ2v) is 9.08. The number of ketones is 1. The molecule has 2 heterocycles. The maximum Gasteiger partial charge on any atom is 0.218 e. The summed E-state index contributed by atoms with van der Waals surface area (Å²) in [6.45, 7) is 4.51. The zero-order valence-corrected chi connectivity index (χ0v) is 19.7. The SMILES string of the molecule is COc1ccc(N2CCN(CC(=O)c3n[nH]c(C)n3)[C@@H](Cc3ccccc3)C2)cc1OC1CC1. The molecule has 1 N–H and O–H groups in total. The average molecular weight is 462 g/mol. The lowest BCUT2D eigenvalue weighted by atomic mass is 10.0. The lowest BCUT2D eigenvalue weighted by Crippen LogP contribution is -2.55. The Labute approximate surface area is 199 Å². The van der Waals surface area contributed by atoms with Crippen LogP contribution >= 0.6 is 0 Å². The van der Waals surface area contributed by atoms with Gasteiger partial charge in [-0.05, 0) is 43.9 Å². The Hall–Kier alpha value is -3.39. The Bertz CT molecular complexity index is 1130. The molecule has 0 amide bonds. The van der Waals surface area contributed by atoms with E-state index < -0.39 is 0 Å². The van der Waals surface area contributed by atoms with E-state index in [4.69, 9.17) is 9.47 Å². The van der Waals surface area contributed by atoms with Gasteiger partial charge in [0.15, 0.2) is 11.5 Å². The van der Waals surface area contributed by atoms with Gasteiger partial charge in [-0.15, -0.1) is 0 Å². The number of benzene rings is 2. The van der Waals surface area contributed by atoms with Gasteiger partial charge < -0.3 is 14.4 Å². The van der Waals surface area contributed by atoms with Crippen molar-refractivity contribution in [3.63, 3.8) is 0 Å². The van der Waals surface area contributed by atoms with Crippen LogP contribution in [0.4, 0.5) is 5.69 Å². The number of methoxy groups -OCH3 is 1. The van der Waals surface area contributed by atoms with Crippen LogP contribution in [0, 0.1) is 6.92 Å². The van der Waals surface area contributed by atoms with E-state index in [1.807, 2.05) is 12.1 Å². The molecule has 0 bridgehead atoms. The first-order chi connectivity index (χ1) is 16.6. The molecule has 1 saturated carbocycles. The molecule has 0 radical (unpaired) electrons. The third-order valence-electron chi connectivity index (χ3n) is 6.44. The zero-order chi connectivity index (χ0) is 23.5. The van der Waals surface area contributed by atoms with Gasteiger partial charge in [0.2, 0.25) is 11.6 Å². The summed E-state index contributed by atoms with van der Waals surface area (Å²) in [7, 11) is 1.68. The van der Waals surface area contributed by atoms with Crippen molar-refractivity contribution in [1.29, 1.82) is 0 Å². The van der Waals surface area contributed by atoms with Crippen LogP contribution in [0.2, 0.25) is 0 Å². The summed E-state index contributed by atoms with van der Waals surface area (Å²) in [4.78, 5) is 21.7. The number of H-pyrrole nitrogens is 1. The molecule has 2 aliphatic rings. The summed E-state index contributed by atoms with van der Waals surface area (Å²) >= 11 is 0. The molecule has 2 fully saturated rings. The van der Waals surface area contributed by atoms with E-state index in [9.17, 15) is 4.79 Å². The normalized spacial score (nSPS) is 18.6. The Kier molecular flexibility index (Phi) is 6.49. The molecule has 8 heteroatoms. The molecule has 178 valence electrons. The highest BCUT2D eigenvalue weighted by atomic mass is 16.5. The fraction of sp³-hybridized carbons (Fsp3) is 0.423. The number of rotatable bonds is 9. The number of carbonyl (C=O) groups excluding carboxylic acids is 1. The van der Waals surface area contributed by atoms with E-state index in [1.54, 1.807) is 14.0 Å². The molecule has 0 spiro atoms. The molecule has 2 aromatic carbocycles. The molecule has 5 rings (SSSR count). The summed E-state index contributed by atoms with van der Waals surface area (Å²) < 4.78 is 11.6. The first-order valence-electron chi connectivity index (χ1n) is 11.9. The van der Waals surface area contributed by atoms with Crippen LogP contribution in [0.5, 0.6) is 11.5 Å². The number of hydrogen-bond acceptors (Lipinski definition) is 7. The second-order valence-electron chi connectivity index (χ2n) is 9.08. The Morgan fingerprint density at radius 3 is 2.65 bits per heavy atom. The molecular formula is C26H31N5O3. The first kappa shape index (κ1) is 22.4. The Morgan fingerprint density at radius 1 is 1.12 bits per heavy atom. The van der Waals surface area contributed by atoms with Gasteiger partial charge in [0.1, 0.15) is 5.82 Å². The third kappa shape index (κ3) is 5.22. The van der Waals surface area contributed by atoms with E-state index in [2.05, 4.69) is 61.4 Å². The summed E-state index contributed by atoms with van der Waals surface area (Å²) in [5.74, 6) is 2.43. The predicted octanol–water partition coefficient (Wildman–Crippen LogP) is 3.28. The Balaban J connectivity index is 1.35. The van der Waals surface area contributed by atoms with E-state index in [-0.39, 0.29) is 17.6 Å². The highest BCUT2D eigenvalue weighted by molar-refractivity contribution is 5.94. The molecule has 8 nitrogen and oxygen atoms in total. The number of nitrogens with one attached hydrogen (secondary N) is 1. The number of aromatic nitrogens is 3. The highest BCUT2D eigenvalue weighted by Crippen LogP contribution is 2.37. The minimum absolute atomic E-state index is 0.0552. The van der Waals surface area contributed by atoms with Crippen molar-refractivity contribution in [3.05, 3.63) is 65.7 Å². The number of Topliss-reactive ketones (excluding diaryl/α,β-unsaturated/α-hetero) is 1. The molecule has 0 unspecified atom stereocenters. The lowest BCUT2D eigenvalue weighted by Gasteiger charge is -2.42. The standard InChI is InChI=1S/C26H31N5O3/c1-18-27-26(29-28-18)23(32)17-31-13-12-30(16-21(31)14-19-6-4-3-5-7-19)20-8-11-24(33-2)25(15-20)34-22-9-10-22/h3-8,11,15,21-22H,9-10,12-14,16-17H2,1-2H3,(H,27,28,29)/t21-/m0/s1. The largest absolute Gasteiger partial charge is 0.493 e. The van der Waals surface area contributed by atoms with Gasteiger partial charge in [0, 0.05) is 37.4 Å². The smallest absolute Gasteiger partial charge is 0.218 e. The maximum atomic E-state index is 12.9. The van der Waals surface area contributed by atoms with Crippen LogP contribution in [0.3, 0.4) is 0 Å². The molecule has 1 saturated heterocycles. The Morgan fingerprint density at radius 2 is 1.94 bits per heavy atom. The predicted molar refractivity (Wildman–Crippen MR) is 130 cm³/mol. The number of ether oxygens (including phenoxy) is 2. The fourth-order valence-corrected chi connectivity index (χ4v) is 4.46. The summed E-state index contributed by atoms with van der Waals surface area (Å²) in [6.07, 6.45) is 3.36. The van der Waals surface area contributed by atoms with Gasteiger partial charge in [-0.25, -0.2) is 4.98 Å². The molecule has 1 aliphatic heterocycles. The topological polar surface area (TPSA) is 83.6 Å². The fourth-order valence-electron chi connectivity index (χ4n) is 4.46. The van der Waals surface area contributed by atoms with Gasteiger partial charge >= 0.3 is 0 Å². The van der Waals surface area contributed by atoms with Crippen LogP contribution in [0.15, 0.2) is 48.5 Å². The van der Waals surface area contributed by atoms with Crippen molar-refractivity contribution >= 4 is 11.5 Å². The van der Waals surface area contributed by atoms with Crippen LogP contribution < -0.4 is 14.4 Å². The van der Waals surface area contributed by atoms with Crippen molar-refractivity contribution in [2.24, 2.45) is 0 Å². The second kappa shape index (κ2) is 9.85. The molecule has 1 aromatic heterocycles.